The first-order valence-electron chi connectivity index (χ1n) is 19.8. The molecule has 0 saturated heterocycles. The van der Waals surface area contributed by atoms with Gasteiger partial charge in [-0.25, -0.2) is 0 Å². The highest BCUT2D eigenvalue weighted by Gasteiger charge is 2.11. The molecule has 0 aliphatic heterocycles. The van der Waals surface area contributed by atoms with E-state index in [-0.39, 0.29) is 18.0 Å². The highest BCUT2D eigenvalue weighted by Crippen LogP contribution is 2.15. The maximum atomic E-state index is 12.2. The smallest absolute Gasteiger partial charge is 0.305 e. The van der Waals surface area contributed by atoms with Crippen LogP contribution >= 0.6 is 0 Å². The highest BCUT2D eigenvalue weighted by atomic mass is 16.5. The van der Waals surface area contributed by atoms with E-state index >= 15 is 0 Å². The van der Waals surface area contributed by atoms with Gasteiger partial charge in [0.05, 0.1) is 13.2 Å². The van der Waals surface area contributed by atoms with E-state index in [0.717, 1.165) is 25.7 Å². The summed E-state index contributed by atoms with van der Waals surface area (Å²) < 4.78 is 11.0. The minimum Gasteiger partial charge on any atom is -0.466 e. The van der Waals surface area contributed by atoms with Gasteiger partial charge in [-0.2, -0.15) is 0 Å². The summed E-state index contributed by atoms with van der Waals surface area (Å²) in [7, 11) is 0. The number of rotatable bonds is 37. The molecule has 0 atom stereocenters. The fraction of sp³-hybridized carbons (Fsp3) is 0.900. The van der Waals surface area contributed by atoms with Crippen LogP contribution in [0.4, 0.5) is 0 Å². The molecule has 0 aromatic rings. The van der Waals surface area contributed by atoms with Crippen molar-refractivity contribution in [2.24, 2.45) is 0 Å². The van der Waals surface area contributed by atoms with Crippen molar-refractivity contribution in [2.45, 2.75) is 213 Å². The third kappa shape index (κ3) is 35.3. The number of hydrogen-bond acceptors (Lipinski definition) is 5. The maximum absolute atomic E-state index is 12.2. The summed E-state index contributed by atoms with van der Waals surface area (Å²) in [5, 5.41) is 3.41. The van der Waals surface area contributed by atoms with Gasteiger partial charge in [0.15, 0.2) is 0 Å². The van der Waals surface area contributed by atoms with Crippen molar-refractivity contribution in [2.75, 3.05) is 19.8 Å². The average molecular weight is 636 g/mol. The Morgan fingerprint density at radius 3 is 1.09 bits per heavy atom. The molecule has 0 aliphatic carbocycles. The molecular weight excluding hydrogens is 558 g/mol. The van der Waals surface area contributed by atoms with Crippen molar-refractivity contribution >= 4 is 11.9 Å². The lowest BCUT2D eigenvalue weighted by Crippen LogP contribution is -2.32. The second-order valence-electron chi connectivity index (χ2n) is 13.4. The van der Waals surface area contributed by atoms with Crippen molar-refractivity contribution < 1.29 is 19.1 Å². The van der Waals surface area contributed by atoms with Crippen molar-refractivity contribution in [1.82, 2.24) is 5.32 Å². The third-order valence-corrected chi connectivity index (χ3v) is 8.98. The predicted molar refractivity (Wildman–Crippen MR) is 194 cm³/mol. The zero-order valence-corrected chi connectivity index (χ0v) is 30.3. The Morgan fingerprint density at radius 2 is 0.800 bits per heavy atom. The molecular formula is C40H77NO4. The van der Waals surface area contributed by atoms with Crippen LogP contribution in [0.25, 0.3) is 0 Å². The summed E-state index contributed by atoms with van der Waals surface area (Å²) in [6.45, 7) is 9.82. The average Bonchev–Trinajstić information content (AvgIpc) is 3.04. The van der Waals surface area contributed by atoms with Gasteiger partial charge in [-0.05, 0) is 25.7 Å². The lowest BCUT2D eigenvalue weighted by Gasteiger charge is -2.18. The number of carbonyl (C=O) groups excluding carboxylic acids is 2. The number of ether oxygens (including phenoxy) is 2. The number of nitrogens with one attached hydrogen (secondary N) is 1. The number of unbranched alkanes of at least 4 members (excludes halogenated alkanes) is 24. The van der Waals surface area contributed by atoms with E-state index in [0.29, 0.717) is 45.4 Å². The molecule has 45 heavy (non-hydrogen) atoms. The Morgan fingerprint density at radius 1 is 0.511 bits per heavy atom. The molecule has 0 aromatic carbocycles. The Labute approximate surface area is 280 Å². The largest absolute Gasteiger partial charge is 0.466 e. The molecule has 0 aliphatic rings. The first-order chi connectivity index (χ1) is 22.1. The standard InChI is InChI=1S/C40H77NO4/c1-4-7-9-11-13-15-17-19-21-23-25-27-29-31-39(42)44-36-33-38(41-35-6-3)34-37-45-40(43)32-30-28-26-24-22-20-18-16-14-12-10-8-5-2/h6,38,41H,3-5,7-37H2,1-2H3. The number of esters is 2. The van der Waals surface area contributed by atoms with Crippen LogP contribution in [0.3, 0.4) is 0 Å². The quantitative estimate of drug-likeness (QED) is 0.0418. The van der Waals surface area contributed by atoms with Crippen LogP contribution in [-0.4, -0.2) is 37.7 Å². The second-order valence-corrected chi connectivity index (χ2v) is 13.4. The minimum atomic E-state index is -0.0928. The van der Waals surface area contributed by atoms with Crippen LogP contribution in [0.5, 0.6) is 0 Å². The van der Waals surface area contributed by atoms with Gasteiger partial charge in [0.25, 0.3) is 0 Å². The van der Waals surface area contributed by atoms with Gasteiger partial charge in [0.2, 0.25) is 0 Å². The predicted octanol–water partition coefficient (Wildman–Crippen LogP) is 12.0. The molecule has 0 bridgehead atoms. The van der Waals surface area contributed by atoms with Gasteiger partial charge in [-0.15, -0.1) is 6.58 Å². The van der Waals surface area contributed by atoms with Crippen LogP contribution in [0.1, 0.15) is 206 Å². The zero-order valence-electron chi connectivity index (χ0n) is 30.3. The lowest BCUT2D eigenvalue weighted by atomic mass is 10.0. The van der Waals surface area contributed by atoms with Crippen LogP contribution in [0.2, 0.25) is 0 Å². The van der Waals surface area contributed by atoms with Crippen molar-refractivity contribution in [3.05, 3.63) is 12.7 Å². The second kappa shape index (κ2) is 37.1. The van der Waals surface area contributed by atoms with Gasteiger partial charge in [0, 0.05) is 25.4 Å². The molecule has 0 radical (unpaired) electrons. The molecule has 0 unspecified atom stereocenters. The minimum absolute atomic E-state index is 0.0928. The normalized spacial score (nSPS) is 11.3. The third-order valence-electron chi connectivity index (χ3n) is 8.98. The lowest BCUT2D eigenvalue weighted by molar-refractivity contribution is -0.144. The van der Waals surface area contributed by atoms with Crippen LogP contribution in [-0.2, 0) is 19.1 Å². The Bertz CT molecular complexity index is 590. The molecule has 0 aromatic heterocycles. The van der Waals surface area contributed by atoms with Gasteiger partial charge in [-0.3, -0.25) is 9.59 Å². The molecule has 0 saturated carbocycles. The van der Waals surface area contributed by atoms with E-state index in [1.165, 1.54) is 141 Å². The fourth-order valence-corrected chi connectivity index (χ4v) is 5.95. The Hall–Kier alpha value is -1.36. The topological polar surface area (TPSA) is 64.6 Å². The van der Waals surface area contributed by atoms with E-state index in [1.54, 1.807) is 0 Å². The first kappa shape index (κ1) is 43.6. The van der Waals surface area contributed by atoms with Gasteiger partial charge < -0.3 is 14.8 Å². The highest BCUT2D eigenvalue weighted by molar-refractivity contribution is 5.69. The summed E-state index contributed by atoms with van der Waals surface area (Å²) in [4.78, 5) is 24.4. The van der Waals surface area contributed by atoms with E-state index in [2.05, 4.69) is 25.7 Å². The van der Waals surface area contributed by atoms with Crippen LogP contribution < -0.4 is 5.32 Å². The Balaban J connectivity index is 3.68. The molecule has 0 spiro atoms. The van der Waals surface area contributed by atoms with Crippen molar-refractivity contribution in [1.29, 1.82) is 0 Å². The van der Waals surface area contributed by atoms with Gasteiger partial charge >= 0.3 is 11.9 Å². The summed E-state index contributed by atoms with van der Waals surface area (Å²) in [5.74, 6) is -0.186. The van der Waals surface area contributed by atoms with E-state index in [1.807, 2.05) is 6.08 Å². The van der Waals surface area contributed by atoms with Crippen LogP contribution in [0.15, 0.2) is 12.7 Å². The molecule has 0 fully saturated rings. The molecule has 1 N–H and O–H groups in total. The van der Waals surface area contributed by atoms with Crippen molar-refractivity contribution in [3.63, 3.8) is 0 Å². The molecule has 0 amide bonds. The summed E-state index contributed by atoms with van der Waals surface area (Å²) in [6.07, 6.45) is 38.1. The monoisotopic (exact) mass is 636 g/mol. The molecule has 0 rings (SSSR count). The molecule has 0 heterocycles. The zero-order chi connectivity index (χ0) is 32.9. The summed E-state index contributed by atoms with van der Waals surface area (Å²) >= 11 is 0. The molecule has 5 nitrogen and oxygen atoms in total. The van der Waals surface area contributed by atoms with E-state index in [9.17, 15) is 9.59 Å². The summed E-state index contributed by atoms with van der Waals surface area (Å²) in [5.41, 5.74) is 0. The van der Waals surface area contributed by atoms with E-state index < -0.39 is 0 Å². The van der Waals surface area contributed by atoms with Gasteiger partial charge in [0.1, 0.15) is 0 Å². The SMILES string of the molecule is C=CCNC(CCOC(=O)CCCCCCCCCCCCCCC)CCOC(=O)CCCCCCCCCCCCCCC. The number of carbonyl (C=O) groups is 2. The van der Waals surface area contributed by atoms with Crippen molar-refractivity contribution in [3.8, 4) is 0 Å². The molecule has 266 valence electrons. The number of hydrogen-bond donors (Lipinski definition) is 1. The fourth-order valence-electron chi connectivity index (χ4n) is 5.95. The van der Waals surface area contributed by atoms with Gasteiger partial charge in [-0.1, -0.05) is 174 Å². The Kier molecular flexibility index (Phi) is 36.0. The first-order valence-corrected chi connectivity index (χ1v) is 19.8. The molecule has 5 heteroatoms. The van der Waals surface area contributed by atoms with E-state index in [4.69, 9.17) is 9.47 Å². The maximum Gasteiger partial charge on any atom is 0.305 e. The van der Waals surface area contributed by atoms with Crippen LogP contribution in [0, 0.1) is 0 Å². The summed E-state index contributed by atoms with van der Waals surface area (Å²) in [6, 6.07) is 0.135.